The molecule has 94 valence electrons. The number of benzene rings is 2. The average molecular weight is 242 g/mol. The minimum atomic E-state index is 0.714. The van der Waals surface area contributed by atoms with Crippen molar-refractivity contribution in [3.05, 3.63) is 54.6 Å². The van der Waals surface area contributed by atoms with Gasteiger partial charge < -0.3 is 15.8 Å². The van der Waals surface area contributed by atoms with E-state index in [9.17, 15) is 0 Å². The molecule has 0 saturated carbocycles. The summed E-state index contributed by atoms with van der Waals surface area (Å²) in [5, 5.41) is 3.32. The SMILES string of the molecule is Nc1ccc(NCCCOc2ccccc2)cc1. The lowest BCUT2D eigenvalue weighted by Crippen LogP contribution is -2.07. The quantitative estimate of drug-likeness (QED) is 0.604. The van der Waals surface area contributed by atoms with Crippen LogP contribution in [0.4, 0.5) is 11.4 Å². The summed E-state index contributed by atoms with van der Waals surface area (Å²) in [5.41, 5.74) is 7.49. The minimum Gasteiger partial charge on any atom is -0.494 e. The molecular formula is C15H18N2O. The molecule has 2 aromatic rings. The second kappa shape index (κ2) is 6.55. The summed E-state index contributed by atoms with van der Waals surface area (Å²) in [6.07, 6.45) is 0.958. The molecule has 0 bridgehead atoms. The van der Waals surface area contributed by atoms with E-state index >= 15 is 0 Å². The van der Waals surface area contributed by atoms with Crippen molar-refractivity contribution in [2.75, 3.05) is 24.2 Å². The number of nitrogen functional groups attached to an aromatic ring is 1. The molecule has 18 heavy (non-hydrogen) atoms. The number of ether oxygens (including phenoxy) is 1. The molecule has 0 unspecified atom stereocenters. The van der Waals surface area contributed by atoms with Crippen LogP contribution in [0.5, 0.6) is 5.75 Å². The molecule has 0 fully saturated rings. The standard InChI is InChI=1S/C15H18N2O/c16-13-7-9-14(10-8-13)17-11-4-12-18-15-5-2-1-3-6-15/h1-3,5-10,17H,4,11-12,16H2. The molecule has 3 nitrogen and oxygen atoms in total. The van der Waals surface area contributed by atoms with Crippen molar-refractivity contribution in [3.8, 4) is 5.75 Å². The Bertz CT molecular complexity index is 454. The zero-order chi connectivity index (χ0) is 12.6. The zero-order valence-corrected chi connectivity index (χ0v) is 10.3. The predicted molar refractivity (Wildman–Crippen MR) is 75.9 cm³/mol. The Kier molecular flexibility index (Phi) is 4.47. The highest BCUT2D eigenvalue weighted by atomic mass is 16.5. The Morgan fingerprint density at radius 3 is 2.39 bits per heavy atom. The van der Waals surface area contributed by atoms with Crippen molar-refractivity contribution in [1.29, 1.82) is 0 Å². The number of hydrogen-bond acceptors (Lipinski definition) is 3. The number of para-hydroxylation sites is 1. The van der Waals surface area contributed by atoms with Crippen molar-refractivity contribution < 1.29 is 4.74 Å². The Labute approximate surface area is 108 Å². The van der Waals surface area contributed by atoms with Crippen molar-refractivity contribution in [2.45, 2.75) is 6.42 Å². The highest BCUT2D eigenvalue weighted by molar-refractivity contribution is 5.51. The van der Waals surface area contributed by atoms with Gasteiger partial charge in [0.1, 0.15) is 5.75 Å². The van der Waals surface area contributed by atoms with Crippen LogP contribution in [-0.2, 0) is 0 Å². The van der Waals surface area contributed by atoms with Gasteiger partial charge in [0.05, 0.1) is 6.61 Å². The van der Waals surface area contributed by atoms with E-state index in [1.165, 1.54) is 0 Å². The molecule has 0 aliphatic heterocycles. The van der Waals surface area contributed by atoms with Crippen molar-refractivity contribution in [3.63, 3.8) is 0 Å². The molecule has 0 spiro atoms. The van der Waals surface area contributed by atoms with Gasteiger partial charge in [0.2, 0.25) is 0 Å². The largest absolute Gasteiger partial charge is 0.494 e. The number of anilines is 2. The molecule has 0 aliphatic carbocycles. The lowest BCUT2D eigenvalue weighted by atomic mass is 10.3. The number of nitrogens with one attached hydrogen (secondary N) is 1. The Hall–Kier alpha value is -2.16. The molecule has 2 rings (SSSR count). The first-order valence-corrected chi connectivity index (χ1v) is 6.12. The smallest absolute Gasteiger partial charge is 0.119 e. The summed E-state index contributed by atoms with van der Waals surface area (Å²) in [4.78, 5) is 0. The first kappa shape index (κ1) is 12.3. The summed E-state index contributed by atoms with van der Waals surface area (Å²) >= 11 is 0. The van der Waals surface area contributed by atoms with E-state index < -0.39 is 0 Å². The Morgan fingerprint density at radius 2 is 1.67 bits per heavy atom. The van der Waals surface area contributed by atoms with Gasteiger partial charge in [0.15, 0.2) is 0 Å². The third-order valence-electron chi connectivity index (χ3n) is 2.57. The maximum Gasteiger partial charge on any atom is 0.119 e. The summed E-state index contributed by atoms with van der Waals surface area (Å²) < 4.78 is 5.60. The number of nitrogens with two attached hydrogens (primary N) is 1. The van der Waals surface area contributed by atoms with Crippen LogP contribution in [0.15, 0.2) is 54.6 Å². The molecule has 2 aromatic carbocycles. The molecule has 3 N–H and O–H groups in total. The topological polar surface area (TPSA) is 47.3 Å². The van der Waals surface area contributed by atoms with Gasteiger partial charge in [-0.3, -0.25) is 0 Å². The summed E-state index contributed by atoms with van der Waals surface area (Å²) in [7, 11) is 0. The van der Waals surface area contributed by atoms with Crippen LogP contribution in [0, 0.1) is 0 Å². The van der Waals surface area contributed by atoms with Crippen LogP contribution >= 0.6 is 0 Å². The minimum absolute atomic E-state index is 0.714. The highest BCUT2D eigenvalue weighted by Gasteiger charge is 1.93. The monoisotopic (exact) mass is 242 g/mol. The molecule has 0 heterocycles. The van der Waals surface area contributed by atoms with Crippen LogP contribution in [0.25, 0.3) is 0 Å². The normalized spacial score (nSPS) is 10.0. The van der Waals surface area contributed by atoms with Gasteiger partial charge in [-0.25, -0.2) is 0 Å². The molecule has 0 saturated heterocycles. The van der Waals surface area contributed by atoms with Crippen molar-refractivity contribution in [2.24, 2.45) is 0 Å². The van der Waals surface area contributed by atoms with Crippen LogP contribution in [0.1, 0.15) is 6.42 Å². The summed E-state index contributed by atoms with van der Waals surface area (Å²) in [6, 6.07) is 17.6. The van der Waals surface area contributed by atoms with E-state index in [0.29, 0.717) is 6.61 Å². The fourth-order valence-electron chi connectivity index (χ4n) is 1.61. The van der Waals surface area contributed by atoms with Crippen molar-refractivity contribution in [1.82, 2.24) is 0 Å². The van der Waals surface area contributed by atoms with Gasteiger partial charge in [-0.2, -0.15) is 0 Å². The van der Waals surface area contributed by atoms with E-state index in [-0.39, 0.29) is 0 Å². The second-order valence-electron chi connectivity index (χ2n) is 4.06. The van der Waals surface area contributed by atoms with Crippen LogP contribution in [-0.4, -0.2) is 13.2 Å². The Morgan fingerprint density at radius 1 is 0.944 bits per heavy atom. The fourth-order valence-corrected chi connectivity index (χ4v) is 1.61. The predicted octanol–water partition coefficient (Wildman–Crippen LogP) is 3.15. The molecule has 0 radical (unpaired) electrons. The third-order valence-corrected chi connectivity index (χ3v) is 2.57. The molecule has 0 atom stereocenters. The molecular weight excluding hydrogens is 224 g/mol. The van der Waals surface area contributed by atoms with Gasteiger partial charge in [-0.1, -0.05) is 18.2 Å². The van der Waals surface area contributed by atoms with Crippen LogP contribution < -0.4 is 15.8 Å². The van der Waals surface area contributed by atoms with Gasteiger partial charge in [0, 0.05) is 17.9 Å². The van der Waals surface area contributed by atoms with Crippen LogP contribution in [0.2, 0.25) is 0 Å². The van der Waals surface area contributed by atoms with Gasteiger partial charge in [-0.15, -0.1) is 0 Å². The lowest BCUT2D eigenvalue weighted by Gasteiger charge is -2.08. The molecule has 0 amide bonds. The summed E-state index contributed by atoms with van der Waals surface area (Å²) in [6.45, 7) is 1.60. The number of hydrogen-bond donors (Lipinski definition) is 2. The fraction of sp³-hybridized carbons (Fsp3) is 0.200. The Balaban J connectivity index is 1.63. The molecule has 0 aromatic heterocycles. The van der Waals surface area contributed by atoms with E-state index in [4.69, 9.17) is 10.5 Å². The zero-order valence-electron chi connectivity index (χ0n) is 10.3. The average Bonchev–Trinajstić information content (AvgIpc) is 2.42. The first-order chi connectivity index (χ1) is 8.84. The molecule has 3 heteroatoms. The highest BCUT2D eigenvalue weighted by Crippen LogP contribution is 2.11. The molecule has 0 aliphatic rings. The van der Waals surface area contributed by atoms with Crippen molar-refractivity contribution >= 4 is 11.4 Å². The summed E-state index contributed by atoms with van der Waals surface area (Å²) in [5.74, 6) is 0.921. The van der Waals surface area contributed by atoms with E-state index in [1.54, 1.807) is 0 Å². The van der Waals surface area contributed by atoms with Crippen LogP contribution in [0.3, 0.4) is 0 Å². The van der Waals surface area contributed by atoms with E-state index in [0.717, 1.165) is 30.1 Å². The van der Waals surface area contributed by atoms with E-state index in [1.807, 2.05) is 54.6 Å². The third kappa shape index (κ3) is 4.01. The lowest BCUT2D eigenvalue weighted by molar-refractivity contribution is 0.315. The van der Waals surface area contributed by atoms with E-state index in [2.05, 4.69) is 5.32 Å². The van der Waals surface area contributed by atoms with Gasteiger partial charge in [-0.05, 0) is 42.8 Å². The maximum absolute atomic E-state index is 5.62. The second-order valence-corrected chi connectivity index (χ2v) is 4.06. The van der Waals surface area contributed by atoms with Gasteiger partial charge in [0.25, 0.3) is 0 Å². The first-order valence-electron chi connectivity index (χ1n) is 6.12. The van der Waals surface area contributed by atoms with Gasteiger partial charge >= 0.3 is 0 Å². The maximum atomic E-state index is 5.62. The number of rotatable bonds is 6.